The summed E-state index contributed by atoms with van der Waals surface area (Å²) in [6, 6.07) is 4.15. The minimum Gasteiger partial charge on any atom is -0.329 e. The maximum atomic E-state index is 5.97. The van der Waals surface area contributed by atoms with E-state index in [-0.39, 0.29) is 5.54 Å². The molecular formula is C14H25N3. The van der Waals surface area contributed by atoms with E-state index in [4.69, 9.17) is 5.73 Å². The normalized spacial score (nSPS) is 14.9. The Hall–Kier alpha value is -0.930. The number of rotatable bonds is 7. The molecule has 0 saturated carbocycles. The van der Waals surface area contributed by atoms with Crippen LogP contribution in [0.1, 0.15) is 39.2 Å². The molecule has 0 radical (unpaired) electrons. The third kappa shape index (κ3) is 3.79. The first-order valence-electron chi connectivity index (χ1n) is 6.50. The molecule has 0 bridgehead atoms. The van der Waals surface area contributed by atoms with Crippen LogP contribution >= 0.6 is 0 Å². The van der Waals surface area contributed by atoms with Crippen molar-refractivity contribution in [3.05, 3.63) is 30.1 Å². The highest BCUT2D eigenvalue weighted by molar-refractivity contribution is 5.10. The lowest BCUT2D eigenvalue weighted by Crippen LogP contribution is -2.51. The minimum absolute atomic E-state index is 0.104. The molecule has 17 heavy (non-hydrogen) atoms. The SMILES string of the molecule is CCCC(C)(CN)N(CC)Cc1ccncc1. The average molecular weight is 235 g/mol. The highest BCUT2D eigenvalue weighted by Crippen LogP contribution is 2.22. The molecule has 0 amide bonds. The predicted octanol–water partition coefficient (Wildman–Crippen LogP) is 2.42. The van der Waals surface area contributed by atoms with Crippen LogP contribution in [0.25, 0.3) is 0 Å². The van der Waals surface area contributed by atoms with Crippen LogP contribution in [0.5, 0.6) is 0 Å². The molecule has 0 aliphatic carbocycles. The first-order valence-corrected chi connectivity index (χ1v) is 6.50. The zero-order chi connectivity index (χ0) is 12.7. The van der Waals surface area contributed by atoms with E-state index < -0.39 is 0 Å². The van der Waals surface area contributed by atoms with E-state index in [9.17, 15) is 0 Å². The summed E-state index contributed by atoms with van der Waals surface area (Å²) in [6.07, 6.45) is 6.01. The van der Waals surface area contributed by atoms with Gasteiger partial charge in [-0.1, -0.05) is 20.3 Å². The van der Waals surface area contributed by atoms with Gasteiger partial charge in [0.2, 0.25) is 0 Å². The summed E-state index contributed by atoms with van der Waals surface area (Å²) in [5.41, 5.74) is 7.38. The van der Waals surface area contributed by atoms with Crippen LogP contribution in [0.15, 0.2) is 24.5 Å². The van der Waals surface area contributed by atoms with Gasteiger partial charge in [-0.15, -0.1) is 0 Å². The highest BCUT2D eigenvalue weighted by Gasteiger charge is 2.28. The van der Waals surface area contributed by atoms with E-state index in [1.807, 2.05) is 12.4 Å². The third-order valence-electron chi connectivity index (χ3n) is 3.50. The molecule has 96 valence electrons. The van der Waals surface area contributed by atoms with Gasteiger partial charge in [-0.25, -0.2) is 0 Å². The number of aromatic nitrogens is 1. The van der Waals surface area contributed by atoms with E-state index >= 15 is 0 Å². The number of nitrogens with zero attached hydrogens (tertiary/aromatic N) is 2. The Bertz CT molecular complexity index is 313. The number of likely N-dealkylation sites (N-methyl/N-ethyl adjacent to an activating group) is 1. The molecule has 3 nitrogen and oxygen atoms in total. The molecule has 1 heterocycles. The quantitative estimate of drug-likeness (QED) is 0.789. The van der Waals surface area contributed by atoms with Crippen molar-refractivity contribution in [1.82, 2.24) is 9.88 Å². The Morgan fingerprint density at radius 3 is 2.41 bits per heavy atom. The van der Waals surface area contributed by atoms with E-state index in [0.29, 0.717) is 6.54 Å². The standard InChI is InChI=1S/C14H25N3/c1-4-8-14(3,12-15)17(5-2)11-13-6-9-16-10-7-13/h6-7,9-10H,4-5,8,11-12,15H2,1-3H3. The second-order valence-corrected chi connectivity index (χ2v) is 4.82. The molecule has 0 aromatic carbocycles. The molecule has 1 atom stereocenters. The molecule has 0 aliphatic heterocycles. The highest BCUT2D eigenvalue weighted by atomic mass is 15.2. The lowest BCUT2D eigenvalue weighted by Gasteiger charge is -2.40. The Morgan fingerprint density at radius 1 is 1.29 bits per heavy atom. The van der Waals surface area contributed by atoms with Gasteiger partial charge in [0, 0.05) is 31.0 Å². The van der Waals surface area contributed by atoms with Crippen molar-refractivity contribution < 1.29 is 0 Å². The fourth-order valence-electron chi connectivity index (χ4n) is 2.32. The Morgan fingerprint density at radius 2 is 1.94 bits per heavy atom. The average Bonchev–Trinajstić information content (AvgIpc) is 2.37. The van der Waals surface area contributed by atoms with Crippen LogP contribution in [-0.4, -0.2) is 28.5 Å². The molecule has 1 aromatic rings. The summed E-state index contributed by atoms with van der Waals surface area (Å²) in [5, 5.41) is 0. The van der Waals surface area contributed by atoms with Crippen molar-refractivity contribution >= 4 is 0 Å². The molecule has 1 unspecified atom stereocenters. The molecule has 1 aromatic heterocycles. The fourth-order valence-corrected chi connectivity index (χ4v) is 2.32. The predicted molar refractivity (Wildman–Crippen MR) is 72.7 cm³/mol. The number of nitrogens with two attached hydrogens (primary N) is 1. The molecule has 0 aliphatic rings. The van der Waals surface area contributed by atoms with Gasteiger partial charge >= 0.3 is 0 Å². The third-order valence-corrected chi connectivity index (χ3v) is 3.50. The number of hydrogen-bond donors (Lipinski definition) is 1. The summed E-state index contributed by atoms with van der Waals surface area (Å²) in [4.78, 5) is 6.52. The summed E-state index contributed by atoms with van der Waals surface area (Å²) in [7, 11) is 0. The first kappa shape index (κ1) is 14.1. The zero-order valence-corrected chi connectivity index (χ0v) is 11.3. The van der Waals surface area contributed by atoms with Crippen LogP contribution in [0.4, 0.5) is 0 Å². The Balaban J connectivity index is 2.76. The molecule has 0 spiro atoms. The van der Waals surface area contributed by atoms with Gasteiger partial charge < -0.3 is 5.73 Å². The fraction of sp³-hybridized carbons (Fsp3) is 0.643. The largest absolute Gasteiger partial charge is 0.329 e. The summed E-state index contributed by atoms with van der Waals surface area (Å²) in [6.45, 7) is 9.36. The maximum Gasteiger partial charge on any atom is 0.0306 e. The van der Waals surface area contributed by atoms with Crippen LogP contribution in [0.3, 0.4) is 0 Å². The Labute approximate surface area is 105 Å². The Kier molecular flexibility index (Phi) is 5.59. The van der Waals surface area contributed by atoms with Gasteiger partial charge in [0.15, 0.2) is 0 Å². The van der Waals surface area contributed by atoms with Crippen molar-refractivity contribution in [2.75, 3.05) is 13.1 Å². The smallest absolute Gasteiger partial charge is 0.0306 e. The second-order valence-electron chi connectivity index (χ2n) is 4.82. The van der Waals surface area contributed by atoms with Crippen LogP contribution in [0, 0.1) is 0 Å². The van der Waals surface area contributed by atoms with E-state index in [1.165, 1.54) is 12.0 Å². The lowest BCUT2D eigenvalue weighted by molar-refractivity contribution is 0.0985. The lowest BCUT2D eigenvalue weighted by atomic mass is 9.93. The first-order chi connectivity index (χ1) is 8.16. The van der Waals surface area contributed by atoms with Crippen molar-refractivity contribution in [3.63, 3.8) is 0 Å². The number of hydrogen-bond acceptors (Lipinski definition) is 3. The van der Waals surface area contributed by atoms with Gasteiger partial charge in [-0.3, -0.25) is 9.88 Å². The topological polar surface area (TPSA) is 42.1 Å². The molecule has 0 saturated heterocycles. The van der Waals surface area contributed by atoms with Gasteiger partial charge in [0.25, 0.3) is 0 Å². The summed E-state index contributed by atoms with van der Waals surface area (Å²) >= 11 is 0. The molecular weight excluding hydrogens is 210 g/mol. The van der Waals surface area contributed by atoms with Crippen molar-refractivity contribution in [2.24, 2.45) is 5.73 Å². The van der Waals surface area contributed by atoms with Gasteiger partial charge in [-0.05, 0) is 37.6 Å². The molecule has 3 heteroatoms. The van der Waals surface area contributed by atoms with Crippen LogP contribution in [-0.2, 0) is 6.54 Å². The van der Waals surface area contributed by atoms with E-state index in [1.54, 1.807) is 0 Å². The van der Waals surface area contributed by atoms with E-state index in [2.05, 4.69) is 42.8 Å². The van der Waals surface area contributed by atoms with Gasteiger partial charge in [0.1, 0.15) is 0 Å². The van der Waals surface area contributed by atoms with Crippen LogP contribution in [0.2, 0.25) is 0 Å². The van der Waals surface area contributed by atoms with Crippen molar-refractivity contribution in [2.45, 2.75) is 45.7 Å². The van der Waals surface area contributed by atoms with Crippen LogP contribution < -0.4 is 5.73 Å². The molecule has 0 fully saturated rings. The van der Waals surface area contributed by atoms with Gasteiger partial charge in [-0.2, -0.15) is 0 Å². The summed E-state index contributed by atoms with van der Waals surface area (Å²) < 4.78 is 0. The van der Waals surface area contributed by atoms with E-state index in [0.717, 1.165) is 19.5 Å². The van der Waals surface area contributed by atoms with Crippen molar-refractivity contribution in [3.8, 4) is 0 Å². The zero-order valence-electron chi connectivity index (χ0n) is 11.3. The maximum absolute atomic E-state index is 5.97. The summed E-state index contributed by atoms with van der Waals surface area (Å²) in [5.74, 6) is 0. The minimum atomic E-state index is 0.104. The molecule has 1 rings (SSSR count). The molecule has 2 N–H and O–H groups in total. The van der Waals surface area contributed by atoms with Crippen molar-refractivity contribution in [1.29, 1.82) is 0 Å². The van der Waals surface area contributed by atoms with Gasteiger partial charge in [0.05, 0.1) is 0 Å². The number of pyridine rings is 1. The second kappa shape index (κ2) is 6.72. The monoisotopic (exact) mass is 235 g/mol.